The quantitative estimate of drug-likeness (QED) is 0.793. The number of carbonyl (C=O) groups excluding carboxylic acids is 1. The highest BCUT2D eigenvalue weighted by Gasteiger charge is 2.27. The summed E-state index contributed by atoms with van der Waals surface area (Å²) in [6.45, 7) is 4.79. The van der Waals surface area contributed by atoms with Gasteiger partial charge in [0, 0.05) is 23.5 Å². The highest BCUT2D eigenvalue weighted by atomic mass is 35.5. The lowest BCUT2D eigenvalue weighted by Crippen LogP contribution is -2.46. The van der Waals surface area contributed by atoms with Crippen molar-refractivity contribution >= 4 is 40.4 Å². The van der Waals surface area contributed by atoms with Crippen LogP contribution in [0.15, 0.2) is 23.6 Å². The minimum absolute atomic E-state index is 0.0244. The second kappa shape index (κ2) is 8.49. The van der Waals surface area contributed by atoms with Crippen molar-refractivity contribution in [3.63, 3.8) is 0 Å². The van der Waals surface area contributed by atoms with Crippen LogP contribution in [0.1, 0.15) is 36.7 Å². The second-order valence-electron chi connectivity index (χ2n) is 6.15. The van der Waals surface area contributed by atoms with Gasteiger partial charge in [0.15, 0.2) is 0 Å². The van der Waals surface area contributed by atoms with E-state index in [1.165, 1.54) is 11.3 Å². The Bertz CT molecular complexity index is 744. The summed E-state index contributed by atoms with van der Waals surface area (Å²) in [4.78, 5) is 19.6. The summed E-state index contributed by atoms with van der Waals surface area (Å²) in [5, 5.41) is 6.97. The van der Waals surface area contributed by atoms with Crippen molar-refractivity contribution in [2.24, 2.45) is 0 Å². The standard InChI is InChI=1S/C18H21Cl2N3OS/c1-2-9-23(13-5-7-21-8-6-13)18(24)16-11-25-17(22-16)12-3-4-14(19)15(20)10-12/h3-4,10-11,13,21H,2,5-9H2,1H3. The Hall–Kier alpha value is -1.14. The van der Waals surface area contributed by atoms with E-state index in [-0.39, 0.29) is 5.91 Å². The normalized spacial score (nSPS) is 15.3. The molecule has 1 aromatic heterocycles. The molecule has 0 radical (unpaired) electrons. The van der Waals surface area contributed by atoms with E-state index in [2.05, 4.69) is 17.2 Å². The SMILES string of the molecule is CCCN(C(=O)c1csc(-c2ccc(Cl)c(Cl)c2)n1)C1CCNCC1. The van der Waals surface area contributed by atoms with Gasteiger partial charge in [0.05, 0.1) is 10.0 Å². The molecule has 2 heterocycles. The molecule has 1 aliphatic rings. The van der Waals surface area contributed by atoms with E-state index in [4.69, 9.17) is 23.2 Å². The van der Waals surface area contributed by atoms with Gasteiger partial charge in [0.1, 0.15) is 10.7 Å². The third-order valence-corrected chi connectivity index (χ3v) is 6.00. The largest absolute Gasteiger partial charge is 0.334 e. The average molecular weight is 398 g/mol. The van der Waals surface area contributed by atoms with E-state index in [0.717, 1.165) is 49.5 Å². The molecule has 0 spiro atoms. The number of piperidine rings is 1. The van der Waals surface area contributed by atoms with Gasteiger partial charge in [-0.2, -0.15) is 0 Å². The Balaban J connectivity index is 1.81. The predicted octanol–water partition coefficient (Wildman–Crippen LogP) is 4.72. The fraction of sp³-hybridized carbons (Fsp3) is 0.444. The van der Waals surface area contributed by atoms with Crippen molar-refractivity contribution < 1.29 is 4.79 Å². The Labute approximate surface area is 162 Å². The number of halogens is 2. The van der Waals surface area contributed by atoms with E-state index in [1.807, 2.05) is 16.3 Å². The van der Waals surface area contributed by atoms with Crippen molar-refractivity contribution in [3.05, 3.63) is 39.3 Å². The first-order valence-corrected chi connectivity index (χ1v) is 10.2. The van der Waals surface area contributed by atoms with Crippen LogP contribution in [0.25, 0.3) is 10.6 Å². The number of rotatable bonds is 5. The molecule has 1 N–H and O–H groups in total. The molecule has 1 aliphatic heterocycles. The van der Waals surface area contributed by atoms with Crippen LogP contribution in [0.2, 0.25) is 10.0 Å². The number of amides is 1. The number of benzene rings is 1. The van der Waals surface area contributed by atoms with Crippen LogP contribution in [0.3, 0.4) is 0 Å². The van der Waals surface area contributed by atoms with Crippen LogP contribution in [0.4, 0.5) is 0 Å². The predicted molar refractivity (Wildman–Crippen MR) is 105 cm³/mol. The fourth-order valence-corrected chi connectivity index (χ4v) is 4.18. The van der Waals surface area contributed by atoms with E-state index in [1.54, 1.807) is 12.1 Å². The monoisotopic (exact) mass is 397 g/mol. The number of nitrogens with one attached hydrogen (secondary N) is 1. The summed E-state index contributed by atoms with van der Waals surface area (Å²) >= 11 is 13.5. The molecular formula is C18H21Cl2N3OS. The van der Waals surface area contributed by atoms with Crippen molar-refractivity contribution in [3.8, 4) is 10.6 Å². The minimum Gasteiger partial charge on any atom is -0.334 e. The van der Waals surface area contributed by atoms with Crippen molar-refractivity contribution in [2.45, 2.75) is 32.2 Å². The molecule has 0 unspecified atom stereocenters. The minimum atomic E-state index is 0.0244. The smallest absolute Gasteiger partial charge is 0.273 e. The highest BCUT2D eigenvalue weighted by molar-refractivity contribution is 7.13. The zero-order valence-corrected chi connectivity index (χ0v) is 16.4. The molecule has 134 valence electrons. The number of hydrogen-bond donors (Lipinski definition) is 1. The van der Waals surface area contributed by atoms with Gasteiger partial charge in [-0.3, -0.25) is 4.79 Å². The molecular weight excluding hydrogens is 377 g/mol. The lowest BCUT2D eigenvalue weighted by Gasteiger charge is -2.34. The number of hydrogen-bond acceptors (Lipinski definition) is 4. The number of carbonyl (C=O) groups is 1. The van der Waals surface area contributed by atoms with Gasteiger partial charge < -0.3 is 10.2 Å². The molecule has 0 aliphatic carbocycles. The van der Waals surface area contributed by atoms with Gasteiger partial charge in [0.2, 0.25) is 0 Å². The summed E-state index contributed by atoms with van der Waals surface area (Å²) in [6.07, 6.45) is 2.94. The summed E-state index contributed by atoms with van der Waals surface area (Å²) in [7, 11) is 0. The maximum atomic E-state index is 13.0. The van der Waals surface area contributed by atoms with Crippen molar-refractivity contribution in [2.75, 3.05) is 19.6 Å². The maximum absolute atomic E-state index is 13.0. The van der Waals surface area contributed by atoms with E-state index < -0.39 is 0 Å². The topological polar surface area (TPSA) is 45.2 Å². The summed E-state index contributed by atoms with van der Waals surface area (Å²) in [5.74, 6) is 0.0244. The first-order valence-electron chi connectivity index (χ1n) is 8.52. The maximum Gasteiger partial charge on any atom is 0.273 e. The zero-order chi connectivity index (χ0) is 17.8. The lowest BCUT2D eigenvalue weighted by molar-refractivity contribution is 0.0637. The Morgan fingerprint density at radius 2 is 2.08 bits per heavy atom. The molecule has 2 aromatic rings. The molecule has 4 nitrogen and oxygen atoms in total. The van der Waals surface area contributed by atoms with Crippen LogP contribution in [0.5, 0.6) is 0 Å². The van der Waals surface area contributed by atoms with Gasteiger partial charge >= 0.3 is 0 Å². The number of nitrogens with zero attached hydrogens (tertiary/aromatic N) is 2. The van der Waals surface area contributed by atoms with Gasteiger partial charge in [-0.15, -0.1) is 11.3 Å². The molecule has 0 bridgehead atoms. The summed E-state index contributed by atoms with van der Waals surface area (Å²) < 4.78 is 0. The average Bonchev–Trinajstić information content (AvgIpc) is 3.12. The molecule has 7 heteroatoms. The zero-order valence-electron chi connectivity index (χ0n) is 14.1. The van der Waals surface area contributed by atoms with Gasteiger partial charge in [-0.25, -0.2) is 4.98 Å². The van der Waals surface area contributed by atoms with Gasteiger partial charge in [-0.1, -0.05) is 36.2 Å². The van der Waals surface area contributed by atoms with Gasteiger partial charge in [-0.05, 0) is 44.5 Å². The molecule has 3 rings (SSSR count). The molecule has 25 heavy (non-hydrogen) atoms. The Kier molecular flexibility index (Phi) is 6.34. The summed E-state index contributed by atoms with van der Waals surface area (Å²) in [6, 6.07) is 5.70. The van der Waals surface area contributed by atoms with E-state index >= 15 is 0 Å². The molecule has 0 saturated carbocycles. The summed E-state index contributed by atoms with van der Waals surface area (Å²) in [5.41, 5.74) is 1.39. The molecule has 1 fully saturated rings. The molecule has 1 aromatic carbocycles. The molecule has 1 saturated heterocycles. The van der Waals surface area contributed by atoms with E-state index in [9.17, 15) is 4.79 Å². The second-order valence-corrected chi connectivity index (χ2v) is 7.82. The van der Waals surface area contributed by atoms with Crippen LogP contribution in [0, 0.1) is 0 Å². The van der Waals surface area contributed by atoms with Crippen LogP contribution in [-0.2, 0) is 0 Å². The number of thiazole rings is 1. The van der Waals surface area contributed by atoms with Gasteiger partial charge in [0.25, 0.3) is 5.91 Å². The first-order chi connectivity index (χ1) is 12.1. The van der Waals surface area contributed by atoms with Crippen molar-refractivity contribution in [1.82, 2.24) is 15.2 Å². The van der Waals surface area contributed by atoms with Crippen molar-refractivity contribution in [1.29, 1.82) is 0 Å². The Morgan fingerprint density at radius 1 is 1.32 bits per heavy atom. The van der Waals surface area contributed by atoms with Crippen LogP contribution >= 0.6 is 34.5 Å². The lowest BCUT2D eigenvalue weighted by atomic mass is 10.0. The fourth-order valence-electron chi connectivity index (χ4n) is 3.09. The van der Waals surface area contributed by atoms with Crippen LogP contribution < -0.4 is 5.32 Å². The third-order valence-electron chi connectivity index (χ3n) is 4.36. The Morgan fingerprint density at radius 3 is 2.76 bits per heavy atom. The molecule has 1 amide bonds. The highest BCUT2D eigenvalue weighted by Crippen LogP contribution is 2.30. The number of aromatic nitrogens is 1. The van der Waals surface area contributed by atoms with E-state index in [0.29, 0.717) is 21.8 Å². The molecule has 0 atom stereocenters. The van der Waals surface area contributed by atoms with Crippen LogP contribution in [-0.4, -0.2) is 41.5 Å². The first kappa shape index (κ1) is 18.6. The third kappa shape index (κ3) is 4.34.